The van der Waals surface area contributed by atoms with Gasteiger partial charge in [-0.15, -0.1) is 0 Å². The van der Waals surface area contributed by atoms with Gasteiger partial charge < -0.3 is 147 Å². The van der Waals surface area contributed by atoms with Crippen LogP contribution in [-0.4, -0.2) is 206 Å². The largest absolute Gasteiger partial charge is 0.508 e. The number of hydrogen-bond donors (Lipinski definition) is 21. The molecule has 0 aliphatic carbocycles. The normalized spacial score (nSPS) is 25.7. The number of aliphatic hydroxyl groups is 8. The Morgan fingerprint density at radius 1 is 0.516 bits per heavy atom. The quantitative estimate of drug-likeness (QED) is 0.0501. The number of benzene rings is 8. The van der Waals surface area contributed by atoms with Gasteiger partial charge >= 0.3 is 12.1 Å². The maximum Gasteiger partial charge on any atom is 0.408 e. The van der Waals surface area contributed by atoms with Gasteiger partial charge in [-0.25, -0.2) is 9.59 Å². The molecule has 0 unspecified atom stereocenters. The first kappa shape index (κ1) is 91.4. The number of phenolic OH excluding ortho intramolecular Hbond substituents is 4. The van der Waals surface area contributed by atoms with Gasteiger partial charge in [0.15, 0.2) is 29.0 Å². The summed E-state index contributed by atoms with van der Waals surface area (Å²) in [7, 11) is 0. The summed E-state index contributed by atoms with van der Waals surface area (Å²) in [6, 6.07) is 11.5. The molecule has 8 heterocycles. The lowest BCUT2D eigenvalue weighted by atomic mass is 9.89. The van der Waals surface area contributed by atoms with Crippen LogP contribution in [0.3, 0.4) is 0 Å². The topological polar surface area (TPSA) is 587 Å². The Kier molecular flexibility index (Phi) is 28.0. The number of amides is 8. The second-order valence-corrected chi connectivity index (χ2v) is 32.6. The molecule has 0 saturated carbocycles. The van der Waals surface area contributed by atoms with Crippen LogP contribution in [0.15, 0.2) is 146 Å². The van der Waals surface area contributed by atoms with E-state index in [9.17, 15) is 80.8 Å². The molecule has 18 atom stereocenters. The molecule has 17 bridgehead atoms. The van der Waals surface area contributed by atoms with Crippen LogP contribution in [0, 0.1) is 5.92 Å². The van der Waals surface area contributed by atoms with E-state index in [0.29, 0.717) is 24.3 Å². The zero-order valence-corrected chi connectivity index (χ0v) is 69.4. The Morgan fingerprint density at radius 2 is 1.12 bits per heavy atom. The molecule has 0 spiro atoms. The predicted octanol–water partition coefficient (Wildman–Crippen LogP) is 5.02. The minimum atomic E-state index is -2.47. The lowest BCUT2D eigenvalue weighted by molar-refractivity contribution is -0.277. The zero-order valence-electron chi connectivity index (χ0n) is 67.9. The third-order valence-corrected chi connectivity index (χ3v) is 22.9. The average Bonchev–Trinajstić information content (AvgIpc) is 0.758. The van der Waals surface area contributed by atoms with Gasteiger partial charge in [0.1, 0.15) is 138 Å². The Morgan fingerprint density at radius 3 is 1.79 bits per heavy atom. The molecular weight excluding hydrogens is 1720 g/mol. The second kappa shape index (κ2) is 39.2. The number of aromatic hydroxyl groups is 4. The predicted molar refractivity (Wildman–Crippen MR) is 444 cm³/mol. The number of unbranched alkanes of at least 4 members (excludes halogenated alkanes) is 3. The number of carboxylic acid groups (broad SMARTS) is 1. The number of fused-ring (bicyclic) bond motifs is 14. The summed E-state index contributed by atoms with van der Waals surface area (Å²) in [5.74, 6) is -17.7. The maximum absolute atomic E-state index is 16.8. The number of nitrogens with one attached hydrogen (secondary N) is 8. The van der Waals surface area contributed by atoms with E-state index < -0.39 is 279 Å². The number of alkyl carbamates (subject to hydrolysis) is 1. The van der Waals surface area contributed by atoms with E-state index >= 15 is 28.8 Å². The lowest BCUT2D eigenvalue weighted by Gasteiger charge is -2.42. The minimum Gasteiger partial charge on any atom is -0.508 e. The van der Waals surface area contributed by atoms with Crippen molar-refractivity contribution in [3.63, 3.8) is 0 Å². The SMILES string of the molecule is CC(C)CCCCCCC(=O)N[C@H]1[C@H](Oc2c3cc4cc2Oc2ccc(cc2Cl)[C@@H](O)[C@@H]2NC(=O)[C@H](NC(=O)[C@@H]4NC(=O)[C@H]4NC(=O)[C@@H](Cc5ccc(c(Cl)c5)O3)NC(=O)[C@H](NC(=O)OCc3ccccc3)c3ccc(O)c(c3)Oc3cc(O)cc4c3)c3ccc(O)c(c3)-c3c(O[C@H]4O[C@H](CO)[C@@H](O)[C@H](O)[C@@H]4O)cc(O)cc3[C@@H](C(=O)O)NC2=O)O[C@H](CO)[C@@H](O)[C@@H]1O. The molecule has 0 radical (unpaired) electrons. The fraction of sp³-hybridized carbons (Fsp3) is 0.352. The average molecular weight is 1810 g/mol. The second-order valence-electron chi connectivity index (χ2n) is 31.8. The van der Waals surface area contributed by atoms with Gasteiger partial charge in [0.2, 0.25) is 59.7 Å². The van der Waals surface area contributed by atoms with Crippen molar-refractivity contribution < 1.29 is 147 Å². The molecule has 676 valence electrons. The van der Waals surface area contributed by atoms with Gasteiger partial charge in [-0.05, 0) is 130 Å². The van der Waals surface area contributed by atoms with Crippen LogP contribution >= 0.6 is 23.2 Å². The van der Waals surface area contributed by atoms with E-state index in [1.54, 1.807) is 30.3 Å². The molecule has 40 heteroatoms. The van der Waals surface area contributed by atoms with Gasteiger partial charge in [0.25, 0.3) is 0 Å². The highest BCUT2D eigenvalue weighted by Crippen LogP contribution is 2.51. The molecule has 2 fully saturated rings. The molecule has 8 aliphatic heterocycles. The van der Waals surface area contributed by atoms with Crippen molar-refractivity contribution in [2.45, 2.75) is 175 Å². The van der Waals surface area contributed by atoms with E-state index in [1.165, 1.54) is 24.3 Å². The fourth-order valence-corrected chi connectivity index (χ4v) is 16.1. The number of carbonyl (C=O) groups is 9. The number of ether oxygens (including phenoxy) is 8. The molecule has 21 N–H and O–H groups in total. The Labute approximate surface area is 737 Å². The molecule has 38 nitrogen and oxygen atoms in total. The van der Waals surface area contributed by atoms with Crippen molar-refractivity contribution in [1.82, 2.24) is 42.5 Å². The summed E-state index contributed by atoms with van der Waals surface area (Å²) >= 11 is 14.5. The van der Waals surface area contributed by atoms with Crippen LogP contribution in [0.25, 0.3) is 11.1 Å². The van der Waals surface area contributed by atoms with Crippen LogP contribution in [0.2, 0.25) is 10.0 Å². The van der Waals surface area contributed by atoms with Crippen LogP contribution in [0.1, 0.15) is 133 Å². The summed E-state index contributed by atoms with van der Waals surface area (Å²) in [6.07, 6.45) is -18.3. The minimum absolute atomic E-state index is 0.0825. The maximum atomic E-state index is 16.8. The third-order valence-electron chi connectivity index (χ3n) is 22.3. The monoisotopic (exact) mass is 1810 g/mol. The molecule has 2 saturated heterocycles. The summed E-state index contributed by atoms with van der Waals surface area (Å²) in [5.41, 5.74) is -3.02. The summed E-state index contributed by atoms with van der Waals surface area (Å²) in [6.45, 7) is 1.88. The molecule has 16 rings (SSSR count). The number of phenols is 4. The number of aliphatic hydroxyl groups excluding tert-OH is 8. The highest BCUT2D eigenvalue weighted by Gasteiger charge is 2.50. The van der Waals surface area contributed by atoms with E-state index in [2.05, 4.69) is 56.4 Å². The van der Waals surface area contributed by atoms with Crippen molar-refractivity contribution in [3.8, 4) is 80.1 Å². The van der Waals surface area contributed by atoms with Crippen LogP contribution in [0.4, 0.5) is 4.79 Å². The van der Waals surface area contributed by atoms with Crippen molar-refractivity contribution in [3.05, 3.63) is 200 Å². The number of halogens is 2. The van der Waals surface area contributed by atoms with Crippen LogP contribution < -0.4 is 66.2 Å². The van der Waals surface area contributed by atoms with E-state index in [0.717, 1.165) is 110 Å². The number of carbonyl (C=O) groups excluding carboxylic acids is 8. The van der Waals surface area contributed by atoms with E-state index in [-0.39, 0.29) is 46.2 Å². The van der Waals surface area contributed by atoms with Crippen molar-refractivity contribution in [2.24, 2.45) is 5.92 Å². The number of hydrogen-bond acceptors (Lipinski definition) is 29. The third kappa shape index (κ3) is 20.3. The van der Waals surface area contributed by atoms with Gasteiger partial charge in [0, 0.05) is 41.7 Å². The summed E-state index contributed by atoms with van der Waals surface area (Å²) in [5, 5.41) is 168. The molecule has 0 aromatic heterocycles. The summed E-state index contributed by atoms with van der Waals surface area (Å²) < 4.78 is 50.0. The van der Waals surface area contributed by atoms with Crippen LogP contribution in [0.5, 0.6) is 69.0 Å². The van der Waals surface area contributed by atoms with Crippen molar-refractivity contribution in [2.75, 3.05) is 13.2 Å². The zero-order chi connectivity index (χ0) is 91.4. The molecule has 8 aliphatic rings. The standard InChI is InChI=1S/C88H90Cl2N8O30/c1-37(2)10-6-3-4-9-13-63(105)92-71-75(109)73(107)61(34-99)126-86(71)128-78-59-29-44-30-60(78)124-56-21-17-42(27-51(56)90)72(106)70-84(117)96-69(85(118)119)49-32-46(102)33-58(125-87-77(111)76(110)74(108)62(35-100)127-87)64(49)48-26-40(15-18-53(48)103)65(81(114)97-70)94-83(116)68(44)95-82(115)67-43-24-45(101)31-47(25-43)122-57-28-41(16-19-54(57)104)66(98-88(120)121-36-38-11-7-5-8-12-38)80(113)91-52(79(112)93-67)23-39-14-20-55(123-59)50(89)22-39/h5,7-8,11-12,14-22,24-33,37,52,61-62,65-77,86-87,99-104,106-111H,3-4,6,9-10,13,23,34-36H2,1-2H3,(H,91,113)(H,92,105)(H,93,112)(H,94,116)(H,95,115)(H,96,117)(H,97,114)(H,98,120)(H,118,119)/t52-,61-,62-,65-,66-,67+,68-,69+,70+,71-,72-,73-,74-,75-,76+,77+,86+,87+/m1/s1. The smallest absolute Gasteiger partial charge is 0.408 e. The van der Waals surface area contributed by atoms with Crippen molar-refractivity contribution in [1.29, 1.82) is 0 Å². The lowest BCUT2D eigenvalue weighted by Crippen LogP contribution is -2.65. The van der Waals surface area contributed by atoms with E-state index in [1.807, 2.05) is 0 Å². The highest BCUT2D eigenvalue weighted by atomic mass is 35.5. The van der Waals surface area contributed by atoms with Gasteiger partial charge in [0.05, 0.1) is 23.3 Å². The number of aliphatic carboxylic acids is 1. The highest BCUT2D eigenvalue weighted by molar-refractivity contribution is 6.32. The first-order valence-corrected chi connectivity index (χ1v) is 41.4. The van der Waals surface area contributed by atoms with Gasteiger partial charge in [-0.2, -0.15) is 0 Å². The molecular formula is C88H90Cl2N8O30. The molecule has 128 heavy (non-hydrogen) atoms. The summed E-state index contributed by atoms with van der Waals surface area (Å²) in [4.78, 5) is 138. The Balaban J connectivity index is 0.980. The van der Waals surface area contributed by atoms with Crippen molar-refractivity contribution >= 4 is 76.6 Å². The number of carboxylic acids is 1. The van der Waals surface area contributed by atoms with Gasteiger partial charge in [-0.3, -0.25) is 33.6 Å². The molecule has 8 aromatic carbocycles. The van der Waals surface area contributed by atoms with Crippen LogP contribution in [-0.2, 0) is 65.6 Å². The number of rotatable bonds is 18. The Hall–Kier alpha value is -12.8. The Bertz CT molecular complexity index is 5580. The first-order valence-electron chi connectivity index (χ1n) is 40.6. The first-order chi connectivity index (χ1) is 61.2. The van der Waals surface area contributed by atoms with Gasteiger partial charge in [-0.1, -0.05) is 117 Å². The van der Waals surface area contributed by atoms with E-state index in [4.69, 9.17) is 61.1 Å². The molecule has 8 aromatic rings. The fourth-order valence-electron chi connectivity index (χ4n) is 15.6. The molecule has 8 amide bonds.